The Hall–Kier alpha value is -4.62. The third kappa shape index (κ3) is 3.78. The van der Waals surface area contributed by atoms with Gasteiger partial charge >= 0.3 is 17.2 Å². The second kappa shape index (κ2) is 8.00. The molecular formula is C27H13ClO7. The SMILES string of the molecule is O=C(Oc1ccc2c(-c3cc4cc(Cl)ccc4oc3=O)cc(=O)oc2c1)c1cc2ccccc2o1. The van der Waals surface area contributed by atoms with Crippen LogP contribution in [0.5, 0.6) is 5.75 Å². The van der Waals surface area contributed by atoms with Crippen molar-refractivity contribution >= 4 is 50.5 Å². The van der Waals surface area contributed by atoms with Crippen LogP contribution in [-0.4, -0.2) is 5.97 Å². The molecule has 0 fully saturated rings. The van der Waals surface area contributed by atoms with Gasteiger partial charge in [-0.05, 0) is 48.5 Å². The Morgan fingerprint density at radius 2 is 1.54 bits per heavy atom. The number of furan rings is 1. The number of ether oxygens (including phenoxy) is 1. The molecule has 0 unspecified atom stereocenters. The highest BCUT2D eigenvalue weighted by molar-refractivity contribution is 6.31. The lowest BCUT2D eigenvalue weighted by atomic mass is 10.0. The zero-order valence-corrected chi connectivity index (χ0v) is 18.5. The summed E-state index contributed by atoms with van der Waals surface area (Å²) in [5.74, 6) is -0.527. The van der Waals surface area contributed by atoms with Gasteiger partial charge < -0.3 is 18.0 Å². The maximum absolute atomic E-state index is 12.7. The Kier molecular flexibility index (Phi) is 4.79. The van der Waals surface area contributed by atoms with Gasteiger partial charge in [-0.1, -0.05) is 29.8 Å². The molecule has 7 nitrogen and oxygen atoms in total. The maximum atomic E-state index is 12.7. The lowest BCUT2D eigenvalue weighted by molar-refractivity contribution is 0.0704. The van der Waals surface area contributed by atoms with Crippen LogP contribution in [0.25, 0.3) is 44.0 Å². The Morgan fingerprint density at radius 3 is 2.40 bits per heavy atom. The second-order valence-electron chi connectivity index (χ2n) is 7.80. The lowest BCUT2D eigenvalue weighted by Crippen LogP contribution is -2.08. The highest BCUT2D eigenvalue weighted by Crippen LogP contribution is 2.31. The van der Waals surface area contributed by atoms with E-state index in [9.17, 15) is 14.4 Å². The van der Waals surface area contributed by atoms with Gasteiger partial charge in [0.05, 0.1) is 5.56 Å². The monoisotopic (exact) mass is 484 g/mol. The summed E-state index contributed by atoms with van der Waals surface area (Å²) in [7, 11) is 0. The van der Waals surface area contributed by atoms with E-state index in [-0.39, 0.29) is 22.7 Å². The summed E-state index contributed by atoms with van der Waals surface area (Å²) in [6.07, 6.45) is 0. The van der Waals surface area contributed by atoms with E-state index in [0.717, 1.165) is 5.39 Å². The first-order valence-electron chi connectivity index (χ1n) is 10.5. The number of para-hydroxylation sites is 1. The van der Waals surface area contributed by atoms with Crippen molar-refractivity contribution in [2.24, 2.45) is 0 Å². The van der Waals surface area contributed by atoms with Gasteiger partial charge in [0.25, 0.3) is 0 Å². The van der Waals surface area contributed by atoms with E-state index < -0.39 is 17.2 Å². The van der Waals surface area contributed by atoms with Crippen LogP contribution in [0.3, 0.4) is 0 Å². The van der Waals surface area contributed by atoms with E-state index in [1.54, 1.807) is 48.5 Å². The first-order chi connectivity index (χ1) is 16.9. The van der Waals surface area contributed by atoms with Crippen molar-refractivity contribution in [3.63, 3.8) is 0 Å². The molecule has 0 aliphatic heterocycles. The fraction of sp³-hybridized carbons (Fsp3) is 0. The Labute approximate surface area is 200 Å². The van der Waals surface area contributed by atoms with Crippen LogP contribution in [0.4, 0.5) is 0 Å². The van der Waals surface area contributed by atoms with E-state index in [0.29, 0.717) is 32.5 Å². The number of esters is 1. The van der Waals surface area contributed by atoms with Gasteiger partial charge in [-0.15, -0.1) is 0 Å². The highest BCUT2D eigenvalue weighted by Gasteiger charge is 2.18. The van der Waals surface area contributed by atoms with Crippen molar-refractivity contribution < 1.29 is 22.8 Å². The molecule has 35 heavy (non-hydrogen) atoms. The quantitative estimate of drug-likeness (QED) is 0.168. The number of fused-ring (bicyclic) bond motifs is 3. The van der Waals surface area contributed by atoms with Crippen molar-refractivity contribution in [2.45, 2.75) is 0 Å². The first kappa shape index (κ1) is 20.9. The molecule has 6 rings (SSSR count). The molecule has 0 aliphatic carbocycles. The van der Waals surface area contributed by atoms with Crippen LogP contribution < -0.4 is 16.0 Å². The molecule has 0 bridgehead atoms. The van der Waals surface area contributed by atoms with Gasteiger partial charge in [-0.25, -0.2) is 14.4 Å². The molecule has 3 aromatic heterocycles. The molecule has 0 spiro atoms. The third-order valence-corrected chi connectivity index (χ3v) is 5.77. The Balaban J connectivity index is 1.41. The summed E-state index contributed by atoms with van der Waals surface area (Å²) < 4.78 is 21.7. The van der Waals surface area contributed by atoms with E-state index in [2.05, 4.69) is 0 Å². The minimum atomic E-state index is -0.703. The van der Waals surface area contributed by atoms with Crippen LogP contribution in [0.1, 0.15) is 10.6 Å². The number of carbonyl (C=O) groups is 1. The Bertz CT molecular complexity index is 1880. The number of carbonyl (C=O) groups excluding carboxylic acids is 1. The molecule has 0 amide bonds. The molecule has 0 N–H and O–H groups in total. The first-order valence-corrected chi connectivity index (χ1v) is 10.8. The van der Waals surface area contributed by atoms with Crippen LogP contribution >= 0.6 is 11.6 Å². The molecule has 0 atom stereocenters. The van der Waals surface area contributed by atoms with Gasteiger partial charge in [0.2, 0.25) is 5.76 Å². The molecule has 3 aromatic carbocycles. The van der Waals surface area contributed by atoms with Crippen LogP contribution in [0.15, 0.2) is 102 Å². The normalized spacial score (nSPS) is 11.3. The average Bonchev–Trinajstić information content (AvgIpc) is 3.28. The minimum absolute atomic E-state index is 0.0360. The fourth-order valence-corrected chi connectivity index (χ4v) is 4.13. The maximum Gasteiger partial charge on any atom is 0.379 e. The van der Waals surface area contributed by atoms with Gasteiger partial charge in [0.15, 0.2) is 0 Å². The molecule has 8 heteroatoms. The van der Waals surface area contributed by atoms with Gasteiger partial charge in [0, 0.05) is 38.9 Å². The van der Waals surface area contributed by atoms with Crippen LogP contribution in [0, 0.1) is 0 Å². The van der Waals surface area contributed by atoms with E-state index in [4.69, 9.17) is 29.6 Å². The third-order valence-electron chi connectivity index (χ3n) is 5.54. The fourth-order valence-electron chi connectivity index (χ4n) is 3.95. The number of halogens is 1. The predicted octanol–water partition coefficient (Wildman–Crippen LogP) is 6.19. The van der Waals surface area contributed by atoms with Gasteiger partial charge in [0.1, 0.15) is 22.5 Å². The van der Waals surface area contributed by atoms with Crippen molar-refractivity contribution in [3.8, 4) is 16.9 Å². The number of hydrogen-bond acceptors (Lipinski definition) is 7. The molecule has 6 aromatic rings. The number of rotatable bonds is 3. The molecular weight excluding hydrogens is 472 g/mol. The predicted molar refractivity (Wildman–Crippen MR) is 130 cm³/mol. The zero-order valence-electron chi connectivity index (χ0n) is 17.7. The van der Waals surface area contributed by atoms with E-state index in [1.807, 2.05) is 12.1 Å². The smallest absolute Gasteiger partial charge is 0.379 e. The summed E-state index contributed by atoms with van der Waals surface area (Å²) in [5.41, 5.74) is 0.255. The lowest BCUT2D eigenvalue weighted by Gasteiger charge is -2.08. The molecule has 0 saturated heterocycles. The molecule has 3 heterocycles. The van der Waals surface area contributed by atoms with E-state index >= 15 is 0 Å². The summed E-state index contributed by atoms with van der Waals surface area (Å²) in [6.45, 7) is 0. The Morgan fingerprint density at radius 1 is 0.714 bits per heavy atom. The van der Waals surface area contributed by atoms with Crippen molar-refractivity contribution in [2.75, 3.05) is 0 Å². The number of hydrogen-bond donors (Lipinski definition) is 0. The second-order valence-corrected chi connectivity index (χ2v) is 8.24. The largest absolute Gasteiger partial charge is 0.449 e. The average molecular weight is 485 g/mol. The van der Waals surface area contributed by atoms with Crippen molar-refractivity contribution in [1.82, 2.24) is 0 Å². The topological polar surface area (TPSA) is 99.9 Å². The molecule has 0 aliphatic rings. The van der Waals surface area contributed by atoms with Crippen molar-refractivity contribution in [3.05, 3.63) is 110 Å². The zero-order chi connectivity index (χ0) is 24.1. The summed E-state index contributed by atoms with van der Waals surface area (Å²) >= 11 is 6.07. The summed E-state index contributed by atoms with van der Waals surface area (Å²) in [6, 6.07) is 21.0. The molecule has 170 valence electrons. The number of benzene rings is 3. The van der Waals surface area contributed by atoms with Crippen LogP contribution in [0.2, 0.25) is 5.02 Å². The highest BCUT2D eigenvalue weighted by atomic mass is 35.5. The van der Waals surface area contributed by atoms with Gasteiger partial charge in [-0.3, -0.25) is 0 Å². The minimum Gasteiger partial charge on any atom is -0.449 e. The molecule has 0 radical (unpaired) electrons. The van der Waals surface area contributed by atoms with E-state index in [1.165, 1.54) is 18.2 Å². The standard InChI is InChI=1S/C27H13ClO7/c28-16-5-8-22-15(9-16)10-20(26(30)35-22)19-13-25(29)34-23-12-17(6-7-18(19)23)32-27(31)24-11-14-3-1-2-4-21(14)33-24/h1-13H. The molecule has 0 saturated carbocycles. The summed E-state index contributed by atoms with van der Waals surface area (Å²) in [4.78, 5) is 37.6. The van der Waals surface area contributed by atoms with Crippen LogP contribution in [-0.2, 0) is 0 Å². The van der Waals surface area contributed by atoms with Crippen molar-refractivity contribution in [1.29, 1.82) is 0 Å². The summed E-state index contributed by atoms with van der Waals surface area (Å²) in [5, 5.41) is 2.31. The van der Waals surface area contributed by atoms with Gasteiger partial charge in [-0.2, -0.15) is 0 Å².